The molecule has 0 aliphatic carbocycles. The molecule has 5 nitrogen and oxygen atoms in total. The van der Waals surface area contributed by atoms with Crippen molar-refractivity contribution in [2.75, 3.05) is 25.5 Å². The Morgan fingerprint density at radius 3 is 2.57 bits per heavy atom. The zero-order chi connectivity index (χ0) is 17.1. The third kappa shape index (κ3) is 4.02. The summed E-state index contributed by atoms with van der Waals surface area (Å²) >= 11 is 7.09. The van der Waals surface area contributed by atoms with Crippen LogP contribution >= 0.6 is 23.6 Å². The normalized spacial score (nSPS) is 21.2. The SMILES string of the molecule is CCc1c(C)sc(NC(=S)N2C[C@@H](C)O[C@@H](C)C2)c1C(=O)OC. The summed E-state index contributed by atoms with van der Waals surface area (Å²) in [5, 5.41) is 4.64. The highest BCUT2D eigenvalue weighted by molar-refractivity contribution is 7.80. The summed E-state index contributed by atoms with van der Waals surface area (Å²) in [7, 11) is 1.40. The van der Waals surface area contributed by atoms with Crippen LogP contribution in [0.25, 0.3) is 0 Å². The molecule has 0 saturated carbocycles. The first-order valence-electron chi connectivity index (χ1n) is 7.79. The van der Waals surface area contributed by atoms with E-state index >= 15 is 0 Å². The second-order valence-electron chi connectivity index (χ2n) is 5.78. The minimum Gasteiger partial charge on any atom is -0.465 e. The van der Waals surface area contributed by atoms with Gasteiger partial charge in [-0.05, 0) is 45.0 Å². The molecule has 0 spiro atoms. The lowest BCUT2D eigenvalue weighted by molar-refractivity contribution is -0.0473. The van der Waals surface area contributed by atoms with Crippen LogP contribution < -0.4 is 5.32 Å². The maximum absolute atomic E-state index is 12.2. The largest absolute Gasteiger partial charge is 0.465 e. The van der Waals surface area contributed by atoms with E-state index in [4.69, 9.17) is 21.7 Å². The van der Waals surface area contributed by atoms with Gasteiger partial charge >= 0.3 is 5.97 Å². The molecule has 1 aromatic rings. The Hall–Kier alpha value is -1.18. The smallest absolute Gasteiger partial charge is 0.341 e. The van der Waals surface area contributed by atoms with Crippen molar-refractivity contribution in [1.82, 2.24) is 4.90 Å². The highest BCUT2D eigenvalue weighted by Crippen LogP contribution is 2.34. The highest BCUT2D eigenvalue weighted by Gasteiger charge is 2.27. The predicted molar refractivity (Wildman–Crippen MR) is 97.6 cm³/mol. The van der Waals surface area contributed by atoms with Crippen LogP contribution in [0.2, 0.25) is 0 Å². The molecule has 1 fully saturated rings. The van der Waals surface area contributed by atoms with E-state index < -0.39 is 0 Å². The molecule has 0 radical (unpaired) electrons. The first-order valence-corrected chi connectivity index (χ1v) is 9.01. The van der Waals surface area contributed by atoms with E-state index in [1.165, 1.54) is 7.11 Å². The fraction of sp³-hybridized carbons (Fsp3) is 0.625. The van der Waals surface area contributed by atoms with Crippen molar-refractivity contribution >= 4 is 39.6 Å². The van der Waals surface area contributed by atoms with E-state index in [1.54, 1.807) is 11.3 Å². The van der Waals surface area contributed by atoms with Crippen molar-refractivity contribution < 1.29 is 14.3 Å². The third-order valence-electron chi connectivity index (χ3n) is 3.88. The van der Waals surface area contributed by atoms with Gasteiger partial charge in [0.25, 0.3) is 0 Å². The van der Waals surface area contributed by atoms with Gasteiger partial charge < -0.3 is 19.7 Å². The molecule has 1 aromatic heterocycles. The molecule has 1 saturated heterocycles. The van der Waals surface area contributed by atoms with Crippen LogP contribution in [-0.4, -0.2) is 48.4 Å². The first kappa shape index (κ1) is 18.2. The number of thiophene rings is 1. The lowest BCUT2D eigenvalue weighted by atomic mass is 10.1. The number of carbonyl (C=O) groups excluding carboxylic acids is 1. The van der Waals surface area contributed by atoms with Crippen molar-refractivity contribution in [2.45, 2.75) is 46.3 Å². The van der Waals surface area contributed by atoms with Gasteiger partial charge in [0.15, 0.2) is 5.11 Å². The molecule has 7 heteroatoms. The van der Waals surface area contributed by atoms with Gasteiger partial charge in [0.1, 0.15) is 5.00 Å². The summed E-state index contributed by atoms with van der Waals surface area (Å²) in [4.78, 5) is 15.4. The van der Waals surface area contributed by atoms with Crippen molar-refractivity contribution in [3.8, 4) is 0 Å². The number of nitrogens with one attached hydrogen (secondary N) is 1. The van der Waals surface area contributed by atoms with Crippen LogP contribution in [0.3, 0.4) is 0 Å². The van der Waals surface area contributed by atoms with Crippen LogP contribution in [0.5, 0.6) is 0 Å². The number of ether oxygens (including phenoxy) is 2. The van der Waals surface area contributed by atoms with E-state index in [9.17, 15) is 4.79 Å². The number of hydrogen-bond donors (Lipinski definition) is 1. The molecule has 2 rings (SSSR count). The number of rotatable bonds is 3. The van der Waals surface area contributed by atoms with Crippen molar-refractivity contribution in [3.05, 3.63) is 16.0 Å². The summed E-state index contributed by atoms with van der Waals surface area (Å²) in [5.74, 6) is -0.319. The van der Waals surface area contributed by atoms with Gasteiger partial charge in [-0.25, -0.2) is 4.79 Å². The van der Waals surface area contributed by atoms with E-state index in [1.807, 2.05) is 27.7 Å². The van der Waals surface area contributed by atoms with E-state index in [-0.39, 0.29) is 18.2 Å². The molecule has 23 heavy (non-hydrogen) atoms. The van der Waals surface area contributed by atoms with Crippen molar-refractivity contribution in [2.24, 2.45) is 0 Å². The topological polar surface area (TPSA) is 50.8 Å². The summed E-state index contributed by atoms with van der Waals surface area (Å²) in [6, 6.07) is 0. The number of esters is 1. The maximum atomic E-state index is 12.2. The summed E-state index contributed by atoms with van der Waals surface area (Å²) in [6.07, 6.45) is 1.05. The van der Waals surface area contributed by atoms with Crippen LogP contribution in [0.15, 0.2) is 0 Å². The lowest BCUT2D eigenvalue weighted by Crippen LogP contribution is -2.49. The molecule has 0 bridgehead atoms. The van der Waals surface area contributed by atoms with E-state index in [0.717, 1.165) is 35.0 Å². The quantitative estimate of drug-likeness (QED) is 0.663. The summed E-state index contributed by atoms with van der Waals surface area (Å²) in [5.41, 5.74) is 1.63. The standard InChI is InChI=1S/C16H24N2O3S2/c1-6-12-11(4)23-14(13(12)15(19)20-5)17-16(22)18-7-9(2)21-10(3)8-18/h9-10H,6-8H2,1-5H3,(H,17,22)/t9-,10+. The van der Waals surface area contributed by atoms with Crippen molar-refractivity contribution in [1.29, 1.82) is 0 Å². The Kier molecular flexibility index (Phi) is 6.00. The molecule has 128 valence electrons. The first-order chi connectivity index (χ1) is 10.9. The number of aryl methyl sites for hydroxylation is 1. The molecule has 0 amide bonds. The Bertz CT molecular complexity index is 590. The van der Waals surface area contributed by atoms with Gasteiger partial charge in [-0.2, -0.15) is 0 Å². The molecule has 0 aromatic carbocycles. The van der Waals surface area contributed by atoms with Crippen LogP contribution in [-0.2, 0) is 15.9 Å². The number of anilines is 1. The predicted octanol–water partition coefficient (Wildman–Crippen LogP) is 3.21. The number of morpholine rings is 1. The Morgan fingerprint density at radius 2 is 2.04 bits per heavy atom. The molecule has 2 heterocycles. The van der Waals surface area contributed by atoms with Crippen molar-refractivity contribution in [3.63, 3.8) is 0 Å². The van der Waals surface area contributed by atoms with Gasteiger partial charge in [0, 0.05) is 18.0 Å². The second-order valence-corrected chi connectivity index (χ2v) is 7.39. The lowest BCUT2D eigenvalue weighted by Gasteiger charge is -2.36. The maximum Gasteiger partial charge on any atom is 0.341 e. The minimum absolute atomic E-state index is 0.134. The Morgan fingerprint density at radius 1 is 1.43 bits per heavy atom. The number of thiocarbonyl (C=S) groups is 1. The number of nitrogens with zero attached hydrogens (tertiary/aromatic N) is 1. The van der Waals surface area contributed by atoms with Crippen LogP contribution in [0.1, 0.15) is 41.6 Å². The molecular weight excluding hydrogens is 332 g/mol. The summed E-state index contributed by atoms with van der Waals surface area (Å²) in [6.45, 7) is 9.62. The average molecular weight is 357 g/mol. The van der Waals surface area contributed by atoms with Crippen LogP contribution in [0.4, 0.5) is 5.00 Å². The number of hydrogen-bond acceptors (Lipinski definition) is 5. The Labute approximate surface area is 147 Å². The van der Waals surface area contributed by atoms with Gasteiger partial charge in [-0.15, -0.1) is 11.3 Å². The van der Waals surface area contributed by atoms with Gasteiger partial charge in [-0.3, -0.25) is 0 Å². The molecular formula is C16H24N2O3S2. The molecule has 1 aliphatic rings. The number of carbonyl (C=O) groups is 1. The highest BCUT2D eigenvalue weighted by atomic mass is 32.1. The molecule has 1 N–H and O–H groups in total. The van der Waals surface area contributed by atoms with Crippen LogP contribution in [0, 0.1) is 6.92 Å². The monoisotopic (exact) mass is 356 g/mol. The van der Waals surface area contributed by atoms with Gasteiger partial charge in [0.2, 0.25) is 0 Å². The van der Waals surface area contributed by atoms with E-state index in [2.05, 4.69) is 10.2 Å². The third-order valence-corrected chi connectivity index (χ3v) is 5.30. The molecule has 0 unspecified atom stereocenters. The minimum atomic E-state index is -0.319. The van der Waals surface area contributed by atoms with Gasteiger partial charge in [0.05, 0.1) is 24.9 Å². The second kappa shape index (κ2) is 7.59. The Balaban J connectivity index is 2.22. The summed E-state index contributed by atoms with van der Waals surface area (Å²) < 4.78 is 10.7. The molecule has 2 atom stereocenters. The zero-order valence-electron chi connectivity index (χ0n) is 14.3. The number of methoxy groups -OCH3 is 1. The fourth-order valence-corrected chi connectivity index (χ4v) is 4.38. The molecule has 1 aliphatic heterocycles. The zero-order valence-corrected chi connectivity index (χ0v) is 15.9. The van der Waals surface area contributed by atoms with Gasteiger partial charge in [-0.1, -0.05) is 6.92 Å². The fourth-order valence-electron chi connectivity index (χ4n) is 2.93. The van der Waals surface area contributed by atoms with E-state index in [0.29, 0.717) is 10.7 Å². The average Bonchev–Trinajstić information content (AvgIpc) is 2.80.